The maximum Gasteiger partial charge on any atom is -0.00259 e. The Morgan fingerprint density at radius 3 is 2.22 bits per heavy atom. The Labute approximate surface area is 112 Å². The van der Waals surface area contributed by atoms with Crippen LogP contribution in [0.4, 0.5) is 0 Å². The predicted octanol–water partition coefficient (Wildman–Crippen LogP) is 5.70. The summed E-state index contributed by atoms with van der Waals surface area (Å²) in [6.07, 6.45) is 14.6. The predicted molar refractivity (Wildman–Crippen MR) is 84.6 cm³/mol. The molecule has 0 nitrogen and oxygen atoms in total. The van der Waals surface area contributed by atoms with Gasteiger partial charge in [0, 0.05) is 0 Å². The number of rotatable bonds is 7. The molecule has 0 aromatic rings. The van der Waals surface area contributed by atoms with E-state index in [-0.39, 0.29) is 0 Å². The third-order valence-corrected chi connectivity index (χ3v) is 2.50. The van der Waals surface area contributed by atoms with Crippen LogP contribution in [-0.4, -0.2) is 0 Å². The molecule has 0 amide bonds. The van der Waals surface area contributed by atoms with Crippen molar-refractivity contribution in [2.45, 2.75) is 27.2 Å². The van der Waals surface area contributed by atoms with Crippen LogP contribution >= 0.6 is 0 Å². The second-order valence-corrected chi connectivity index (χ2v) is 4.26. The van der Waals surface area contributed by atoms with E-state index >= 15 is 0 Å². The summed E-state index contributed by atoms with van der Waals surface area (Å²) >= 11 is 0. The zero-order valence-corrected chi connectivity index (χ0v) is 11.9. The molecule has 0 saturated carbocycles. The van der Waals surface area contributed by atoms with Gasteiger partial charge in [-0.05, 0) is 43.9 Å². The molecule has 0 unspecified atom stereocenters. The van der Waals surface area contributed by atoms with Gasteiger partial charge in [0.15, 0.2) is 0 Å². The summed E-state index contributed by atoms with van der Waals surface area (Å²) < 4.78 is 0. The largest absolute Gasteiger partial charge is 0.0991 e. The Bertz CT molecular complexity index is 419. The number of hydrogen-bond acceptors (Lipinski definition) is 0. The molecule has 0 bridgehead atoms. The highest BCUT2D eigenvalue weighted by Crippen LogP contribution is 2.22. The molecule has 0 rings (SSSR count). The van der Waals surface area contributed by atoms with Crippen molar-refractivity contribution >= 4 is 0 Å². The van der Waals surface area contributed by atoms with E-state index < -0.39 is 0 Å². The third kappa shape index (κ3) is 6.05. The average Bonchev–Trinajstić information content (AvgIpc) is 2.34. The van der Waals surface area contributed by atoms with Gasteiger partial charge in [0.2, 0.25) is 0 Å². The molecule has 0 spiro atoms. The molecular weight excluding hydrogens is 216 g/mol. The average molecular weight is 240 g/mol. The van der Waals surface area contributed by atoms with Gasteiger partial charge in [-0.15, -0.1) is 0 Å². The van der Waals surface area contributed by atoms with Crippen LogP contribution in [0.2, 0.25) is 0 Å². The molecule has 0 heteroatoms. The van der Waals surface area contributed by atoms with Crippen molar-refractivity contribution in [3.63, 3.8) is 0 Å². The fraction of sp³-hybridized carbons (Fsp3) is 0.222. The van der Waals surface area contributed by atoms with Gasteiger partial charge in [0.05, 0.1) is 0 Å². The summed E-state index contributed by atoms with van der Waals surface area (Å²) in [5.41, 5.74) is 4.71. The number of hydrogen-bond donors (Lipinski definition) is 0. The van der Waals surface area contributed by atoms with Crippen LogP contribution in [0.15, 0.2) is 84.6 Å². The molecular formula is C18H24. The van der Waals surface area contributed by atoms with Crippen molar-refractivity contribution in [1.29, 1.82) is 0 Å². The maximum atomic E-state index is 4.17. The fourth-order valence-electron chi connectivity index (χ4n) is 1.56. The van der Waals surface area contributed by atoms with E-state index in [4.69, 9.17) is 0 Å². The van der Waals surface area contributed by atoms with E-state index in [1.54, 1.807) is 6.08 Å². The Morgan fingerprint density at radius 1 is 1.11 bits per heavy atom. The van der Waals surface area contributed by atoms with Gasteiger partial charge in [-0.3, -0.25) is 0 Å². The zero-order chi connectivity index (χ0) is 14.0. The zero-order valence-electron chi connectivity index (χ0n) is 11.9. The summed E-state index contributed by atoms with van der Waals surface area (Å²) in [6, 6.07) is 0. The topological polar surface area (TPSA) is 0 Å². The first-order valence-electron chi connectivity index (χ1n) is 6.15. The first-order chi connectivity index (χ1) is 8.56. The van der Waals surface area contributed by atoms with Crippen molar-refractivity contribution in [2.75, 3.05) is 0 Å². The third-order valence-electron chi connectivity index (χ3n) is 2.50. The normalized spacial score (nSPS) is 11.8. The van der Waals surface area contributed by atoms with Crippen LogP contribution in [0, 0.1) is 0 Å². The molecule has 0 atom stereocenters. The summed E-state index contributed by atoms with van der Waals surface area (Å²) in [7, 11) is 0. The molecule has 0 aliphatic rings. The molecule has 0 saturated heterocycles. The summed E-state index contributed by atoms with van der Waals surface area (Å²) in [5, 5.41) is 0. The van der Waals surface area contributed by atoms with E-state index in [0.29, 0.717) is 0 Å². The van der Waals surface area contributed by atoms with Gasteiger partial charge in [-0.25, -0.2) is 0 Å². The van der Waals surface area contributed by atoms with E-state index in [2.05, 4.69) is 45.7 Å². The maximum absolute atomic E-state index is 4.17. The van der Waals surface area contributed by atoms with Gasteiger partial charge < -0.3 is 0 Å². The first kappa shape index (κ1) is 16.2. The van der Waals surface area contributed by atoms with Crippen LogP contribution in [0.1, 0.15) is 27.2 Å². The first-order valence-corrected chi connectivity index (χ1v) is 6.15. The van der Waals surface area contributed by atoms with Crippen molar-refractivity contribution in [3.05, 3.63) is 84.6 Å². The minimum atomic E-state index is 0.815. The molecule has 0 aliphatic heterocycles. The van der Waals surface area contributed by atoms with Crippen molar-refractivity contribution in [3.8, 4) is 0 Å². The highest BCUT2D eigenvalue weighted by atomic mass is 14.1. The van der Waals surface area contributed by atoms with Crippen LogP contribution in [0.3, 0.4) is 0 Å². The van der Waals surface area contributed by atoms with Gasteiger partial charge in [0.1, 0.15) is 0 Å². The van der Waals surface area contributed by atoms with Gasteiger partial charge >= 0.3 is 0 Å². The summed E-state index contributed by atoms with van der Waals surface area (Å²) in [4.78, 5) is 0. The molecule has 0 aromatic heterocycles. The Kier molecular flexibility index (Phi) is 8.30. The summed E-state index contributed by atoms with van der Waals surface area (Å²) in [6.45, 7) is 17.9. The Balaban J connectivity index is 5.03. The van der Waals surface area contributed by atoms with Crippen LogP contribution in [0.25, 0.3) is 0 Å². The van der Waals surface area contributed by atoms with Crippen LogP contribution in [0.5, 0.6) is 0 Å². The van der Waals surface area contributed by atoms with Crippen LogP contribution in [-0.2, 0) is 0 Å². The monoisotopic (exact) mass is 240 g/mol. The van der Waals surface area contributed by atoms with Gasteiger partial charge in [-0.1, -0.05) is 67.8 Å². The molecule has 96 valence electrons. The molecule has 0 N–H and O–H groups in total. The number of allylic oxidation sites excluding steroid dienone is 11. The lowest BCUT2D eigenvalue weighted by Gasteiger charge is -2.10. The Morgan fingerprint density at radius 2 is 1.78 bits per heavy atom. The molecule has 18 heavy (non-hydrogen) atoms. The molecule has 0 radical (unpaired) electrons. The van der Waals surface area contributed by atoms with Crippen molar-refractivity contribution in [2.24, 2.45) is 0 Å². The molecule has 0 aliphatic carbocycles. The van der Waals surface area contributed by atoms with Crippen molar-refractivity contribution < 1.29 is 0 Å². The van der Waals surface area contributed by atoms with Gasteiger partial charge in [0.25, 0.3) is 0 Å². The lowest BCUT2D eigenvalue weighted by atomic mass is 9.95. The fourth-order valence-corrected chi connectivity index (χ4v) is 1.56. The smallest absolute Gasteiger partial charge is 0.00259 e. The molecule has 0 heterocycles. The standard InChI is InChI=1S/C18H24/c1-7-10-12-17(9-3)14-16(6)18(15(4)5)13-11-8-2/h7-13H,2-3,6,14H2,1,4-5H3/b10-7-,13-11-,17-12+. The van der Waals surface area contributed by atoms with E-state index in [0.717, 1.165) is 12.0 Å². The van der Waals surface area contributed by atoms with E-state index in [9.17, 15) is 0 Å². The quantitative estimate of drug-likeness (QED) is 0.501. The van der Waals surface area contributed by atoms with Crippen LogP contribution < -0.4 is 0 Å². The van der Waals surface area contributed by atoms with E-state index in [1.807, 2.05) is 31.2 Å². The van der Waals surface area contributed by atoms with E-state index in [1.165, 1.54) is 16.7 Å². The summed E-state index contributed by atoms with van der Waals surface area (Å²) in [5.74, 6) is 0. The Hall–Kier alpha value is -1.82. The minimum Gasteiger partial charge on any atom is -0.0991 e. The SMILES string of the molecule is C=C/C=C\C(C(=C)C/C(C=C)=C/C=C\C)=C(C)C. The lowest BCUT2D eigenvalue weighted by Crippen LogP contribution is -1.90. The minimum absolute atomic E-state index is 0.815. The van der Waals surface area contributed by atoms with Crippen molar-refractivity contribution in [1.82, 2.24) is 0 Å². The molecule has 0 fully saturated rings. The lowest BCUT2D eigenvalue weighted by molar-refractivity contribution is 1.16. The van der Waals surface area contributed by atoms with Gasteiger partial charge in [-0.2, -0.15) is 0 Å². The highest BCUT2D eigenvalue weighted by Gasteiger charge is 2.03. The highest BCUT2D eigenvalue weighted by molar-refractivity contribution is 5.45. The second kappa shape index (κ2) is 9.23. The molecule has 0 aromatic carbocycles. The second-order valence-electron chi connectivity index (χ2n) is 4.26.